The second-order valence-electron chi connectivity index (χ2n) is 4.35. The Morgan fingerprint density at radius 3 is 2.47 bits per heavy atom. The lowest BCUT2D eigenvalue weighted by Crippen LogP contribution is -2.21. The van der Waals surface area contributed by atoms with Gasteiger partial charge in [0, 0.05) is 19.2 Å². The maximum atomic E-state index is 11.5. The van der Waals surface area contributed by atoms with E-state index < -0.39 is 0 Å². The number of aromatic hydroxyl groups is 1. The van der Waals surface area contributed by atoms with Crippen LogP contribution in [0.1, 0.15) is 31.2 Å². The number of nitrogens with one attached hydrogen (secondary N) is 1. The highest BCUT2D eigenvalue weighted by Gasteiger charge is 1.95. The zero-order valence-electron chi connectivity index (χ0n) is 11.0. The topological polar surface area (TPSA) is 69.6 Å². The molecule has 0 aliphatic carbocycles. The number of aliphatic hydroxyl groups excluding tert-OH is 1. The Hall–Kier alpha value is -1.81. The number of carbonyl (C=O) groups is 1. The van der Waals surface area contributed by atoms with E-state index >= 15 is 0 Å². The van der Waals surface area contributed by atoms with E-state index in [0.717, 1.165) is 31.2 Å². The van der Waals surface area contributed by atoms with Crippen LogP contribution in [0, 0.1) is 0 Å². The molecule has 0 aromatic heterocycles. The SMILES string of the molecule is O=C(/C=C/c1ccc(O)cc1)NCCCCCCO. The third-order valence-electron chi connectivity index (χ3n) is 2.70. The Bertz CT molecular complexity index is 398. The summed E-state index contributed by atoms with van der Waals surface area (Å²) in [6, 6.07) is 6.65. The predicted molar refractivity (Wildman–Crippen MR) is 75.7 cm³/mol. The summed E-state index contributed by atoms with van der Waals surface area (Å²) in [7, 11) is 0. The molecule has 1 aromatic carbocycles. The number of amides is 1. The van der Waals surface area contributed by atoms with Gasteiger partial charge in [-0.05, 0) is 36.6 Å². The van der Waals surface area contributed by atoms with Crippen molar-refractivity contribution in [3.63, 3.8) is 0 Å². The average Bonchev–Trinajstić information content (AvgIpc) is 2.42. The van der Waals surface area contributed by atoms with Crippen molar-refractivity contribution in [3.05, 3.63) is 35.9 Å². The fourth-order valence-corrected chi connectivity index (χ4v) is 1.62. The molecule has 0 heterocycles. The number of hydrogen-bond donors (Lipinski definition) is 3. The fraction of sp³-hybridized carbons (Fsp3) is 0.400. The summed E-state index contributed by atoms with van der Waals surface area (Å²) in [5, 5.41) is 20.5. The molecule has 4 nitrogen and oxygen atoms in total. The van der Waals surface area contributed by atoms with Gasteiger partial charge in [0.25, 0.3) is 0 Å². The first-order chi connectivity index (χ1) is 9.22. The van der Waals surface area contributed by atoms with Crippen LogP contribution in [-0.2, 0) is 4.79 Å². The van der Waals surface area contributed by atoms with Crippen LogP contribution in [0.25, 0.3) is 6.08 Å². The molecule has 0 aliphatic rings. The van der Waals surface area contributed by atoms with Crippen LogP contribution in [0.5, 0.6) is 5.75 Å². The van der Waals surface area contributed by atoms with E-state index in [1.807, 2.05) is 0 Å². The zero-order valence-corrected chi connectivity index (χ0v) is 11.0. The summed E-state index contributed by atoms with van der Waals surface area (Å²) in [5.74, 6) is 0.0970. The van der Waals surface area contributed by atoms with E-state index in [1.54, 1.807) is 30.3 Å². The van der Waals surface area contributed by atoms with Crippen molar-refractivity contribution in [2.75, 3.05) is 13.2 Å². The van der Waals surface area contributed by atoms with Gasteiger partial charge in [-0.25, -0.2) is 0 Å². The van der Waals surface area contributed by atoms with Crippen molar-refractivity contribution in [1.82, 2.24) is 5.32 Å². The van der Waals surface area contributed by atoms with Gasteiger partial charge in [-0.3, -0.25) is 4.79 Å². The zero-order chi connectivity index (χ0) is 13.9. The third-order valence-corrected chi connectivity index (χ3v) is 2.70. The van der Waals surface area contributed by atoms with Crippen LogP contribution in [0.3, 0.4) is 0 Å². The molecule has 0 unspecified atom stereocenters. The van der Waals surface area contributed by atoms with Crippen molar-refractivity contribution in [2.24, 2.45) is 0 Å². The number of aliphatic hydroxyl groups is 1. The molecule has 104 valence electrons. The van der Waals surface area contributed by atoms with Gasteiger partial charge in [0.15, 0.2) is 0 Å². The van der Waals surface area contributed by atoms with E-state index in [9.17, 15) is 4.79 Å². The van der Waals surface area contributed by atoms with Crippen molar-refractivity contribution in [3.8, 4) is 5.75 Å². The monoisotopic (exact) mass is 263 g/mol. The molecule has 4 heteroatoms. The van der Waals surface area contributed by atoms with E-state index in [2.05, 4.69) is 5.32 Å². The molecule has 1 amide bonds. The predicted octanol–water partition coefficient (Wildman–Crippen LogP) is 2.07. The summed E-state index contributed by atoms with van der Waals surface area (Å²) < 4.78 is 0. The first kappa shape index (κ1) is 15.2. The summed E-state index contributed by atoms with van der Waals surface area (Å²) in [5.41, 5.74) is 0.871. The molecule has 0 aliphatic heterocycles. The average molecular weight is 263 g/mol. The fourth-order valence-electron chi connectivity index (χ4n) is 1.62. The maximum Gasteiger partial charge on any atom is 0.243 e. The van der Waals surface area contributed by atoms with Crippen molar-refractivity contribution < 1.29 is 15.0 Å². The number of rotatable bonds is 8. The molecule has 1 rings (SSSR count). The molecule has 0 spiro atoms. The van der Waals surface area contributed by atoms with Gasteiger partial charge in [-0.1, -0.05) is 25.0 Å². The highest BCUT2D eigenvalue weighted by Crippen LogP contribution is 2.10. The van der Waals surface area contributed by atoms with E-state index in [4.69, 9.17) is 10.2 Å². The number of phenols is 1. The number of phenolic OH excluding ortho intramolecular Hbond substituents is 1. The van der Waals surface area contributed by atoms with Crippen LogP contribution in [0.4, 0.5) is 0 Å². The quantitative estimate of drug-likeness (QED) is 0.497. The second kappa shape index (κ2) is 9.16. The van der Waals surface area contributed by atoms with E-state index in [0.29, 0.717) is 6.54 Å². The van der Waals surface area contributed by atoms with Gasteiger partial charge < -0.3 is 15.5 Å². The van der Waals surface area contributed by atoms with Gasteiger partial charge >= 0.3 is 0 Å². The highest BCUT2D eigenvalue weighted by molar-refractivity contribution is 5.91. The molecular weight excluding hydrogens is 242 g/mol. The van der Waals surface area contributed by atoms with Crippen molar-refractivity contribution in [2.45, 2.75) is 25.7 Å². The molecule has 0 fully saturated rings. The Morgan fingerprint density at radius 1 is 1.11 bits per heavy atom. The first-order valence-electron chi connectivity index (χ1n) is 6.58. The van der Waals surface area contributed by atoms with E-state index in [-0.39, 0.29) is 18.3 Å². The van der Waals surface area contributed by atoms with Crippen LogP contribution >= 0.6 is 0 Å². The van der Waals surface area contributed by atoms with Crippen LogP contribution in [0.2, 0.25) is 0 Å². The van der Waals surface area contributed by atoms with Crippen LogP contribution in [0.15, 0.2) is 30.3 Å². The maximum absolute atomic E-state index is 11.5. The Morgan fingerprint density at radius 2 is 1.79 bits per heavy atom. The van der Waals surface area contributed by atoms with Crippen LogP contribution in [-0.4, -0.2) is 29.3 Å². The summed E-state index contributed by atoms with van der Waals surface area (Å²) >= 11 is 0. The van der Waals surface area contributed by atoms with Gasteiger partial charge in [-0.15, -0.1) is 0 Å². The summed E-state index contributed by atoms with van der Waals surface area (Å²) in [6.07, 6.45) is 6.96. The second-order valence-corrected chi connectivity index (χ2v) is 4.35. The molecule has 1 aromatic rings. The van der Waals surface area contributed by atoms with Crippen molar-refractivity contribution >= 4 is 12.0 Å². The van der Waals surface area contributed by atoms with Gasteiger partial charge in [-0.2, -0.15) is 0 Å². The highest BCUT2D eigenvalue weighted by atomic mass is 16.3. The standard InChI is InChI=1S/C15H21NO3/c17-12-4-2-1-3-11-16-15(19)10-7-13-5-8-14(18)9-6-13/h5-10,17-18H,1-4,11-12H2,(H,16,19)/b10-7+. The minimum atomic E-state index is -0.116. The lowest BCUT2D eigenvalue weighted by molar-refractivity contribution is -0.116. The number of benzene rings is 1. The molecule has 19 heavy (non-hydrogen) atoms. The first-order valence-corrected chi connectivity index (χ1v) is 6.58. The minimum absolute atomic E-state index is 0.116. The molecule has 0 saturated heterocycles. The van der Waals surface area contributed by atoms with E-state index in [1.165, 1.54) is 6.08 Å². The number of unbranched alkanes of at least 4 members (excludes halogenated alkanes) is 3. The lowest BCUT2D eigenvalue weighted by atomic mass is 10.2. The normalized spacial score (nSPS) is 10.8. The number of carbonyl (C=O) groups excluding carboxylic acids is 1. The van der Waals surface area contributed by atoms with Crippen molar-refractivity contribution in [1.29, 1.82) is 0 Å². The van der Waals surface area contributed by atoms with Crippen LogP contribution < -0.4 is 5.32 Å². The molecular formula is C15H21NO3. The summed E-state index contributed by atoms with van der Waals surface area (Å²) in [4.78, 5) is 11.5. The molecule has 3 N–H and O–H groups in total. The number of hydrogen-bond acceptors (Lipinski definition) is 3. The molecule has 0 atom stereocenters. The van der Waals surface area contributed by atoms with Gasteiger partial charge in [0.05, 0.1) is 0 Å². The van der Waals surface area contributed by atoms with Gasteiger partial charge in [0.2, 0.25) is 5.91 Å². The Kier molecular flexibility index (Phi) is 7.35. The third kappa shape index (κ3) is 7.26. The smallest absolute Gasteiger partial charge is 0.243 e. The Balaban J connectivity index is 2.18. The molecule has 0 bridgehead atoms. The molecule has 0 radical (unpaired) electrons. The summed E-state index contributed by atoms with van der Waals surface area (Å²) in [6.45, 7) is 0.895. The Labute approximate surface area is 113 Å². The minimum Gasteiger partial charge on any atom is -0.508 e. The largest absolute Gasteiger partial charge is 0.508 e. The lowest BCUT2D eigenvalue weighted by Gasteiger charge is -2.01. The molecule has 0 saturated carbocycles. The van der Waals surface area contributed by atoms with Gasteiger partial charge in [0.1, 0.15) is 5.75 Å².